The van der Waals surface area contributed by atoms with E-state index in [4.69, 9.17) is 10.9 Å². The Balaban J connectivity index is 2.26. The zero-order valence-electron chi connectivity index (χ0n) is 9.45. The molecule has 0 saturated carbocycles. The standard InChI is InChI=1S/C11H16N4O2/c12-11(14-17)9-1-4-13-7-10(9)15-5-2-8(16)3-6-15/h1,4,7-8,16-17H,2-3,5-6H2,(H2,12,14). The fourth-order valence-electron chi connectivity index (χ4n) is 2.02. The van der Waals surface area contributed by atoms with Gasteiger partial charge in [0.2, 0.25) is 0 Å². The fraction of sp³-hybridized carbons (Fsp3) is 0.455. The average Bonchev–Trinajstić information content (AvgIpc) is 2.39. The molecule has 0 amide bonds. The minimum Gasteiger partial charge on any atom is -0.409 e. The highest BCUT2D eigenvalue weighted by atomic mass is 16.4. The molecule has 6 heteroatoms. The molecule has 6 nitrogen and oxygen atoms in total. The Kier molecular flexibility index (Phi) is 3.43. The highest BCUT2D eigenvalue weighted by Gasteiger charge is 2.20. The molecule has 2 heterocycles. The molecule has 0 aliphatic carbocycles. The summed E-state index contributed by atoms with van der Waals surface area (Å²) >= 11 is 0. The Morgan fingerprint density at radius 1 is 1.47 bits per heavy atom. The molecular formula is C11H16N4O2. The van der Waals surface area contributed by atoms with Crippen molar-refractivity contribution in [2.45, 2.75) is 18.9 Å². The summed E-state index contributed by atoms with van der Waals surface area (Å²) in [7, 11) is 0. The Bertz CT molecular complexity index is 414. The van der Waals surface area contributed by atoms with Crippen LogP contribution in [0.3, 0.4) is 0 Å². The van der Waals surface area contributed by atoms with E-state index in [1.807, 2.05) is 0 Å². The number of hydrogen-bond donors (Lipinski definition) is 3. The molecule has 4 N–H and O–H groups in total. The largest absolute Gasteiger partial charge is 0.409 e. The number of amidine groups is 1. The van der Waals surface area contributed by atoms with E-state index in [2.05, 4.69) is 15.0 Å². The summed E-state index contributed by atoms with van der Waals surface area (Å²) in [6, 6.07) is 1.72. The summed E-state index contributed by atoms with van der Waals surface area (Å²) < 4.78 is 0. The molecule has 1 aromatic heterocycles. The van der Waals surface area contributed by atoms with Crippen LogP contribution in [0.5, 0.6) is 0 Å². The maximum absolute atomic E-state index is 9.47. The fourth-order valence-corrected chi connectivity index (χ4v) is 2.02. The van der Waals surface area contributed by atoms with E-state index in [0.717, 1.165) is 31.6 Å². The SMILES string of the molecule is N/C(=N/O)c1ccncc1N1CCC(O)CC1. The summed E-state index contributed by atoms with van der Waals surface area (Å²) in [6.45, 7) is 1.50. The maximum atomic E-state index is 9.47. The molecule has 0 spiro atoms. The van der Waals surface area contributed by atoms with Crippen molar-refractivity contribution in [3.8, 4) is 0 Å². The van der Waals surface area contributed by atoms with Crippen LogP contribution >= 0.6 is 0 Å². The smallest absolute Gasteiger partial charge is 0.172 e. The second-order valence-corrected chi connectivity index (χ2v) is 4.10. The molecule has 0 aromatic carbocycles. The summed E-state index contributed by atoms with van der Waals surface area (Å²) in [5.74, 6) is 0.0773. The van der Waals surface area contributed by atoms with Gasteiger partial charge >= 0.3 is 0 Å². The van der Waals surface area contributed by atoms with Crippen LogP contribution in [0.25, 0.3) is 0 Å². The van der Waals surface area contributed by atoms with Gasteiger partial charge in [-0.25, -0.2) is 0 Å². The Hall–Kier alpha value is -1.82. The Morgan fingerprint density at radius 2 is 2.18 bits per heavy atom. The van der Waals surface area contributed by atoms with E-state index < -0.39 is 0 Å². The predicted molar refractivity (Wildman–Crippen MR) is 64.2 cm³/mol. The number of pyridine rings is 1. The summed E-state index contributed by atoms with van der Waals surface area (Å²) in [4.78, 5) is 6.15. The number of aromatic nitrogens is 1. The molecule has 0 atom stereocenters. The maximum Gasteiger partial charge on any atom is 0.172 e. The van der Waals surface area contributed by atoms with Crippen LogP contribution in [0.4, 0.5) is 5.69 Å². The lowest BCUT2D eigenvalue weighted by Crippen LogP contribution is -2.37. The Labute approximate surface area is 99.4 Å². The molecule has 0 bridgehead atoms. The van der Waals surface area contributed by atoms with Gasteiger partial charge in [-0.1, -0.05) is 5.16 Å². The molecule has 1 aliphatic heterocycles. The molecule has 2 rings (SSSR count). The van der Waals surface area contributed by atoms with E-state index >= 15 is 0 Å². The van der Waals surface area contributed by atoms with E-state index in [-0.39, 0.29) is 11.9 Å². The molecule has 0 unspecified atom stereocenters. The number of nitrogens with zero attached hydrogens (tertiary/aromatic N) is 3. The number of aliphatic hydroxyl groups is 1. The van der Waals surface area contributed by atoms with Gasteiger partial charge in [0.25, 0.3) is 0 Å². The van der Waals surface area contributed by atoms with Gasteiger partial charge in [0.05, 0.1) is 18.0 Å². The molecule has 17 heavy (non-hydrogen) atoms. The van der Waals surface area contributed by atoms with Gasteiger partial charge in [-0.2, -0.15) is 0 Å². The first kappa shape index (κ1) is 11.7. The van der Waals surface area contributed by atoms with Crippen molar-refractivity contribution in [2.75, 3.05) is 18.0 Å². The highest BCUT2D eigenvalue weighted by Crippen LogP contribution is 2.23. The molecule has 92 valence electrons. The normalized spacial score (nSPS) is 18.4. The Morgan fingerprint density at radius 3 is 2.82 bits per heavy atom. The minimum absolute atomic E-state index is 0.0773. The number of hydrogen-bond acceptors (Lipinski definition) is 5. The average molecular weight is 236 g/mol. The van der Waals surface area contributed by atoms with Crippen molar-refractivity contribution in [3.63, 3.8) is 0 Å². The number of aliphatic hydroxyl groups excluding tert-OH is 1. The number of rotatable bonds is 2. The second-order valence-electron chi connectivity index (χ2n) is 4.10. The van der Waals surface area contributed by atoms with E-state index in [0.29, 0.717) is 5.56 Å². The van der Waals surface area contributed by atoms with E-state index in [9.17, 15) is 5.11 Å². The van der Waals surface area contributed by atoms with Crippen LogP contribution in [0, 0.1) is 0 Å². The van der Waals surface area contributed by atoms with Gasteiger partial charge in [-0.15, -0.1) is 0 Å². The monoisotopic (exact) mass is 236 g/mol. The first-order valence-electron chi connectivity index (χ1n) is 5.57. The predicted octanol–water partition coefficient (Wildman–Crippen LogP) is 0.137. The molecule has 1 fully saturated rings. The molecular weight excluding hydrogens is 220 g/mol. The van der Waals surface area contributed by atoms with Crippen LogP contribution in [0.15, 0.2) is 23.6 Å². The van der Waals surface area contributed by atoms with Gasteiger partial charge in [-0.3, -0.25) is 4.98 Å². The lowest BCUT2D eigenvalue weighted by atomic mass is 10.1. The lowest BCUT2D eigenvalue weighted by molar-refractivity contribution is 0.145. The van der Waals surface area contributed by atoms with Crippen LogP contribution in [0.2, 0.25) is 0 Å². The quantitative estimate of drug-likeness (QED) is 0.294. The number of piperidine rings is 1. The topological polar surface area (TPSA) is 95.0 Å². The van der Waals surface area contributed by atoms with Crippen LogP contribution in [-0.4, -0.2) is 40.3 Å². The van der Waals surface area contributed by atoms with Crippen molar-refractivity contribution in [1.82, 2.24) is 4.98 Å². The van der Waals surface area contributed by atoms with E-state index in [1.54, 1.807) is 18.5 Å². The van der Waals surface area contributed by atoms with Crippen molar-refractivity contribution < 1.29 is 10.3 Å². The van der Waals surface area contributed by atoms with Gasteiger partial charge < -0.3 is 20.9 Å². The lowest BCUT2D eigenvalue weighted by Gasteiger charge is -2.32. The van der Waals surface area contributed by atoms with Gasteiger partial charge in [0, 0.05) is 24.8 Å². The van der Waals surface area contributed by atoms with E-state index in [1.165, 1.54) is 0 Å². The van der Waals surface area contributed by atoms with Crippen molar-refractivity contribution >= 4 is 11.5 Å². The zero-order valence-corrected chi connectivity index (χ0v) is 9.45. The third-order valence-corrected chi connectivity index (χ3v) is 2.99. The third-order valence-electron chi connectivity index (χ3n) is 2.99. The molecule has 1 aromatic rings. The highest BCUT2D eigenvalue weighted by molar-refractivity contribution is 6.02. The van der Waals surface area contributed by atoms with Crippen molar-refractivity contribution in [1.29, 1.82) is 0 Å². The van der Waals surface area contributed by atoms with Crippen LogP contribution < -0.4 is 10.6 Å². The summed E-state index contributed by atoms with van der Waals surface area (Å²) in [5.41, 5.74) is 7.13. The molecule has 0 radical (unpaired) electrons. The minimum atomic E-state index is -0.227. The van der Waals surface area contributed by atoms with Crippen molar-refractivity contribution in [3.05, 3.63) is 24.0 Å². The van der Waals surface area contributed by atoms with Gasteiger partial charge in [-0.05, 0) is 18.9 Å². The number of anilines is 1. The number of nitrogens with two attached hydrogens (primary N) is 1. The summed E-state index contributed by atoms with van der Waals surface area (Å²) in [5, 5.41) is 21.2. The second kappa shape index (κ2) is 5.01. The third kappa shape index (κ3) is 2.47. The van der Waals surface area contributed by atoms with Gasteiger partial charge in [0.15, 0.2) is 5.84 Å². The first-order chi connectivity index (χ1) is 8.22. The van der Waals surface area contributed by atoms with Crippen LogP contribution in [0.1, 0.15) is 18.4 Å². The van der Waals surface area contributed by atoms with Crippen molar-refractivity contribution in [2.24, 2.45) is 10.9 Å². The first-order valence-corrected chi connectivity index (χ1v) is 5.57. The molecule has 1 aliphatic rings. The zero-order chi connectivity index (χ0) is 12.3. The summed E-state index contributed by atoms with van der Waals surface area (Å²) in [6.07, 6.45) is 4.53. The van der Waals surface area contributed by atoms with Crippen LogP contribution in [-0.2, 0) is 0 Å². The number of oxime groups is 1. The molecule has 1 saturated heterocycles. The van der Waals surface area contributed by atoms with Gasteiger partial charge in [0.1, 0.15) is 0 Å².